The highest BCUT2D eigenvalue weighted by atomic mass is 79.9. The first kappa shape index (κ1) is 9.68. The van der Waals surface area contributed by atoms with Crippen molar-refractivity contribution in [3.05, 3.63) is 33.5 Å². The first-order valence-corrected chi connectivity index (χ1v) is 3.98. The molecule has 0 spiro atoms. The standard InChI is InChI=1S/C8H3BrFNO2/c9-6-2-5(8(12)13)4(3-11)1-7(6)10/h1-2H,(H,12,13). The molecule has 0 amide bonds. The van der Waals surface area contributed by atoms with Crippen LogP contribution in [0.15, 0.2) is 16.6 Å². The van der Waals surface area contributed by atoms with E-state index in [0.29, 0.717) is 0 Å². The highest BCUT2D eigenvalue weighted by molar-refractivity contribution is 9.10. The van der Waals surface area contributed by atoms with Gasteiger partial charge in [0.25, 0.3) is 0 Å². The summed E-state index contributed by atoms with van der Waals surface area (Å²) in [6.45, 7) is 0. The Morgan fingerprint density at radius 1 is 1.62 bits per heavy atom. The second-order valence-corrected chi connectivity index (χ2v) is 3.08. The summed E-state index contributed by atoms with van der Waals surface area (Å²) in [4.78, 5) is 10.5. The maximum atomic E-state index is 12.8. The molecule has 13 heavy (non-hydrogen) atoms. The van der Waals surface area contributed by atoms with E-state index in [1.165, 1.54) is 0 Å². The number of nitriles is 1. The number of carboxylic acid groups (broad SMARTS) is 1. The van der Waals surface area contributed by atoms with E-state index in [1.807, 2.05) is 0 Å². The Morgan fingerprint density at radius 2 is 2.23 bits per heavy atom. The van der Waals surface area contributed by atoms with E-state index in [2.05, 4.69) is 15.9 Å². The van der Waals surface area contributed by atoms with Crippen LogP contribution in [0.2, 0.25) is 0 Å². The number of carbonyl (C=O) groups is 1. The molecule has 1 aromatic carbocycles. The lowest BCUT2D eigenvalue weighted by Crippen LogP contribution is -2.01. The molecular formula is C8H3BrFNO2. The SMILES string of the molecule is N#Cc1cc(F)c(Br)cc1C(=O)O. The molecule has 0 saturated carbocycles. The molecule has 0 aromatic heterocycles. The van der Waals surface area contributed by atoms with Crippen molar-refractivity contribution in [3.8, 4) is 6.07 Å². The molecule has 0 unspecified atom stereocenters. The van der Waals surface area contributed by atoms with Gasteiger partial charge < -0.3 is 5.11 Å². The fraction of sp³-hybridized carbons (Fsp3) is 0. The molecule has 0 saturated heterocycles. The normalized spacial score (nSPS) is 9.31. The number of halogens is 2. The third-order valence-electron chi connectivity index (χ3n) is 1.41. The van der Waals surface area contributed by atoms with Crippen LogP contribution in [-0.4, -0.2) is 11.1 Å². The molecule has 3 nitrogen and oxygen atoms in total. The summed E-state index contributed by atoms with van der Waals surface area (Å²) in [6, 6.07) is 3.55. The van der Waals surface area contributed by atoms with E-state index in [1.54, 1.807) is 6.07 Å². The van der Waals surface area contributed by atoms with Gasteiger partial charge in [-0.2, -0.15) is 5.26 Å². The third-order valence-corrected chi connectivity index (χ3v) is 2.02. The van der Waals surface area contributed by atoms with Crippen molar-refractivity contribution in [1.82, 2.24) is 0 Å². The molecule has 0 heterocycles. The summed E-state index contributed by atoms with van der Waals surface area (Å²) in [7, 11) is 0. The predicted molar refractivity (Wildman–Crippen MR) is 45.8 cm³/mol. The maximum absolute atomic E-state index is 12.8. The number of hydrogen-bond acceptors (Lipinski definition) is 2. The fourth-order valence-corrected chi connectivity index (χ4v) is 1.16. The summed E-state index contributed by atoms with van der Waals surface area (Å²) in [5.74, 6) is -1.90. The van der Waals surface area contributed by atoms with E-state index in [-0.39, 0.29) is 15.6 Å². The maximum Gasteiger partial charge on any atom is 0.337 e. The molecule has 0 fully saturated rings. The Labute approximate surface area is 81.5 Å². The minimum absolute atomic E-state index is 0.0314. The summed E-state index contributed by atoms with van der Waals surface area (Å²) in [6.07, 6.45) is 0. The number of carboxylic acids is 1. The summed E-state index contributed by atoms with van der Waals surface area (Å²) < 4.78 is 12.9. The van der Waals surface area contributed by atoms with Crippen molar-refractivity contribution in [2.24, 2.45) is 0 Å². The van der Waals surface area contributed by atoms with Crippen molar-refractivity contribution in [2.45, 2.75) is 0 Å². The quantitative estimate of drug-likeness (QED) is 0.823. The number of nitrogens with zero attached hydrogens (tertiary/aromatic N) is 1. The van der Waals surface area contributed by atoms with Gasteiger partial charge in [-0.1, -0.05) is 0 Å². The Morgan fingerprint density at radius 3 is 2.69 bits per heavy atom. The van der Waals surface area contributed by atoms with Crippen molar-refractivity contribution < 1.29 is 14.3 Å². The Bertz CT molecular complexity index is 411. The predicted octanol–water partition coefficient (Wildman–Crippen LogP) is 2.16. The van der Waals surface area contributed by atoms with Gasteiger partial charge in [-0.25, -0.2) is 9.18 Å². The zero-order valence-corrected chi connectivity index (χ0v) is 7.80. The van der Waals surface area contributed by atoms with Gasteiger partial charge in [-0.15, -0.1) is 0 Å². The molecule has 0 aliphatic rings. The Balaban J connectivity index is 3.44. The van der Waals surface area contributed by atoms with Crippen molar-refractivity contribution >= 4 is 21.9 Å². The number of benzene rings is 1. The lowest BCUT2D eigenvalue weighted by Gasteiger charge is -1.99. The van der Waals surface area contributed by atoms with Crippen LogP contribution in [0.4, 0.5) is 4.39 Å². The van der Waals surface area contributed by atoms with Gasteiger partial charge in [-0.3, -0.25) is 0 Å². The zero-order valence-electron chi connectivity index (χ0n) is 6.21. The molecule has 1 N–H and O–H groups in total. The smallest absolute Gasteiger partial charge is 0.337 e. The summed E-state index contributed by atoms with van der Waals surface area (Å²) in [5, 5.41) is 17.1. The van der Waals surface area contributed by atoms with Crippen LogP contribution in [0.5, 0.6) is 0 Å². The zero-order chi connectivity index (χ0) is 10.0. The van der Waals surface area contributed by atoms with Crippen molar-refractivity contribution in [3.63, 3.8) is 0 Å². The van der Waals surface area contributed by atoms with Crippen LogP contribution in [0.3, 0.4) is 0 Å². The number of aromatic carboxylic acids is 1. The second kappa shape index (κ2) is 3.54. The monoisotopic (exact) mass is 243 g/mol. The van der Waals surface area contributed by atoms with Crippen LogP contribution in [0.1, 0.15) is 15.9 Å². The van der Waals surface area contributed by atoms with Gasteiger partial charge in [0.15, 0.2) is 0 Å². The Hall–Kier alpha value is -1.41. The first-order valence-electron chi connectivity index (χ1n) is 3.18. The summed E-state index contributed by atoms with van der Waals surface area (Å²) >= 11 is 2.83. The lowest BCUT2D eigenvalue weighted by molar-refractivity contribution is 0.0696. The molecule has 0 aliphatic heterocycles. The molecule has 0 bridgehead atoms. The minimum atomic E-state index is -1.25. The minimum Gasteiger partial charge on any atom is -0.478 e. The molecule has 0 aliphatic carbocycles. The van der Waals surface area contributed by atoms with Crippen molar-refractivity contribution in [2.75, 3.05) is 0 Å². The average molecular weight is 244 g/mol. The molecular weight excluding hydrogens is 241 g/mol. The summed E-state index contributed by atoms with van der Waals surface area (Å²) in [5.41, 5.74) is -0.399. The first-order chi connectivity index (χ1) is 6.06. The van der Waals surface area contributed by atoms with Crippen LogP contribution in [0, 0.1) is 17.1 Å². The number of hydrogen-bond donors (Lipinski definition) is 1. The molecule has 66 valence electrons. The second-order valence-electron chi connectivity index (χ2n) is 2.23. The highest BCUT2D eigenvalue weighted by Gasteiger charge is 2.13. The van der Waals surface area contributed by atoms with E-state index in [4.69, 9.17) is 10.4 Å². The molecule has 0 radical (unpaired) electrons. The average Bonchev–Trinajstić information content (AvgIpc) is 2.08. The van der Waals surface area contributed by atoms with Gasteiger partial charge in [-0.05, 0) is 28.1 Å². The third kappa shape index (κ3) is 1.84. The van der Waals surface area contributed by atoms with Crippen LogP contribution >= 0.6 is 15.9 Å². The Kier molecular flexibility index (Phi) is 2.63. The molecule has 1 rings (SSSR count). The van der Waals surface area contributed by atoms with Crippen LogP contribution in [0.25, 0.3) is 0 Å². The van der Waals surface area contributed by atoms with Gasteiger partial charge in [0, 0.05) is 0 Å². The largest absolute Gasteiger partial charge is 0.478 e. The van der Waals surface area contributed by atoms with Gasteiger partial charge in [0.2, 0.25) is 0 Å². The van der Waals surface area contributed by atoms with E-state index in [9.17, 15) is 9.18 Å². The molecule has 0 atom stereocenters. The number of rotatable bonds is 1. The van der Waals surface area contributed by atoms with E-state index < -0.39 is 11.8 Å². The van der Waals surface area contributed by atoms with Gasteiger partial charge in [0.05, 0.1) is 15.6 Å². The molecule has 5 heteroatoms. The van der Waals surface area contributed by atoms with Gasteiger partial charge in [0.1, 0.15) is 11.9 Å². The fourth-order valence-electron chi connectivity index (χ4n) is 0.816. The van der Waals surface area contributed by atoms with E-state index >= 15 is 0 Å². The topological polar surface area (TPSA) is 61.1 Å². The van der Waals surface area contributed by atoms with Crippen molar-refractivity contribution in [1.29, 1.82) is 5.26 Å². The van der Waals surface area contributed by atoms with Crippen LogP contribution < -0.4 is 0 Å². The van der Waals surface area contributed by atoms with Gasteiger partial charge >= 0.3 is 5.97 Å². The highest BCUT2D eigenvalue weighted by Crippen LogP contribution is 2.20. The van der Waals surface area contributed by atoms with Crippen LogP contribution in [-0.2, 0) is 0 Å². The van der Waals surface area contributed by atoms with E-state index in [0.717, 1.165) is 12.1 Å². The lowest BCUT2D eigenvalue weighted by atomic mass is 10.1. The molecule has 1 aromatic rings.